The number of anilines is 1. The fourth-order valence-electron chi connectivity index (χ4n) is 2.01. The lowest BCUT2D eigenvalue weighted by molar-refractivity contribution is 0.357. The van der Waals surface area contributed by atoms with Gasteiger partial charge >= 0.3 is 0 Å². The lowest BCUT2D eigenvalue weighted by Crippen LogP contribution is -1.96. The van der Waals surface area contributed by atoms with E-state index in [1.54, 1.807) is 0 Å². The zero-order valence-corrected chi connectivity index (χ0v) is 11.0. The van der Waals surface area contributed by atoms with Gasteiger partial charge in [0.2, 0.25) is 5.95 Å². The molecule has 0 fully saturated rings. The number of nitrogens with two attached hydrogens (primary N) is 1. The van der Waals surface area contributed by atoms with Crippen molar-refractivity contribution in [2.24, 2.45) is 7.05 Å². The molecule has 0 saturated heterocycles. The number of benzene rings is 1. The van der Waals surface area contributed by atoms with Crippen LogP contribution < -0.4 is 10.5 Å². The summed E-state index contributed by atoms with van der Waals surface area (Å²) in [6.07, 6.45) is 0.961. The van der Waals surface area contributed by atoms with E-state index in [9.17, 15) is 0 Å². The minimum atomic E-state index is 0.503. The smallest absolute Gasteiger partial charge is 0.201 e. The molecule has 0 bridgehead atoms. The monoisotopic (exact) mass is 293 g/mol. The Morgan fingerprint density at radius 1 is 1.47 bits per heavy atom. The second kappa shape index (κ2) is 3.77. The molecule has 17 heavy (non-hydrogen) atoms. The third kappa shape index (κ3) is 1.61. The molecule has 4 nitrogen and oxygen atoms in total. The number of fused-ring (bicyclic) bond motifs is 1. The summed E-state index contributed by atoms with van der Waals surface area (Å²) in [7, 11) is 1.88. The van der Waals surface area contributed by atoms with Crippen LogP contribution in [0.5, 0.6) is 5.75 Å². The summed E-state index contributed by atoms with van der Waals surface area (Å²) in [4.78, 5) is 4.36. The van der Waals surface area contributed by atoms with Crippen LogP contribution in [0.15, 0.2) is 22.8 Å². The summed E-state index contributed by atoms with van der Waals surface area (Å²) < 4.78 is 8.20. The van der Waals surface area contributed by atoms with Crippen LogP contribution in [0.3, 0.4) is 0 Å². The molecule has 1 aromatic heterocycles. The SMILES string of the molecule is Cn1c(N)nc(-c2ccc3c(c2)CCO3)c1Br. The summed E-state index contributed by atoms with van der Waals surface area (Å²) in [6, 6.07) is 6.13. The molecular formula is C12H12BrN3O. The molecule has 0 amide bonds. The van der Waals surface area contributed by atoms with Crippen molar-refractivity contribution in [1.82, 2.24) is 9.55 Å². The van der Waals surface area contributed by atoms with Crippen molar-refractivity contribution in [3.63, 3.8) is 0 Å². The van der Waals surface area contributed by atoms with Crippen molar-refractivity contribution in [3.05, 3.63) is 28.4 Å². The molecule has 0 atom stereocenters. The highest BCUT2D eigenvalue weighted by Crippen LogP contribution is 2.33. The van der Waals surface area contributed by atoms with E-state index >= 15 is 0 Å². The number of aromatic nitrogens is 2. The highest BCUT2D eigenvalue weighted by molar-refractivity contribution is 9.10. The Labute approximate surface area is 108 Å². The molecule has 0 radical (unpaired) electrons. The maximum absolute atomic E-state index is 5.79. The molecule has 5 heteroatoms. The number of rotatable bonds is 1. The average Bonchev–Trinajstić information content (AvgIpc) is 2.89. The van der Waals surface area contributed by atoms with Gasteiger partial charge in [-0.25, -0.2) is 4.98 Å². The average molecular weight is 294 g/mol. The first kappa shape index (κ1) is 10.7. The first-order valence-corrected chi connectivity index (χ1v) is 6.20. The van der Waals surface area contributed by atoms with Crippen LogP contribution in [0.25, 0.3) is 11.3 Å². The predicted molar refractivity (Wildman–Crippen MR) is 70.0 cm³/mol. The maximum Gasteiger partial charge on any atom is 0.201 e. The van der Waals surface area contributed by atoms with E-state index < -0.39 is 0 Å². The van der Waals surface area contributed by atoms with E-state index in [1.165, 1.54) is 5.56 Å². The fraction of sp³-hybridized carbons (Fsp3) is 0.250. The van der Waals surface area contributed by atoms with Crippen LogP contribution in [-0.2, 0) is 13.5 Å². The Balaban J connectivity index is 2.12. The molecule has 0 spiro atoms. The van der Waals surface area contributed by atoms with Crippen molar-refractivity contribution in [2.45, 2.75) is 6.42 Å². The summed E-state index contributed by atoms with van der Waals surface area (Å²) in [5, 5.41) is 0. The summed E-state index contributed by atoms with van der Waals surface area (Å²) >= 11 is 3.51. The van der Waals surface area contributed by atoms with Gasteiger partial charge in [0.15, 0.2) is 0 Å². The number of nitrogens with zero attached hydrogens (tertiary/aromatic N) is 2. The van der Waals surface area contributed by atoms with Crippen molar-refractivity contribution in [2.75, 3.05) is 12.3 Å². The highest BCUT2D eigenvalue weighted by Gasteiger charge is 2.16. The summed E-state index contributed by atoms with van der Waals surface area (Å²) in [6.45, 7) is 0.768. The van der Waals surface area contributed by atoms with Crippen LogP contribution in [0.1, 0.15) is 5.56 Å². The topological polar surface area (TPSA) is 53.1 Å². The first-order chi connectivity index (χ1) is 8.16. The quantitative estimate of drug-likeness (QED) is 0.878. The predicted octanol–water partition coefficient (Wildman–Crippen LogP) is 2.37. The number of imidazole rings is 1. The molecule has 1 aliphatic rings. The number of ether oxygens (including phenoxy) is 1. The molecule has 2 heterocycles. The zero-order valence-electron chi connectivity index (χ0n) is 9.40. The van der Waals surface area contributed by atoms with Crippen molar-refractivity contribution in [1.29, 1.82) is 0 Å². The van der Waals surface area contributed by atoms with Crippen LogP contribution in [0, 0.1) is 0 Å². The number of halogens is 1. The molecule has 1 aliphatic heterocycles. The van der Waals surface area contributed by atoms with Crippen molar-refractivity contribution < 1.29 is 4.74 Å². The van der Waals surface area contributed by atoms with E-state index in [2.05, 4.69) is 27.0 Å². The maximum atomic E-state index is 5.79. The van der Waals surface area contributed by atoms with Crippen molar-refractivity contribution in [3.8, 4) is 17.0 Å². The molecule has 0 aliphatic carbocycles. The molecular weight excluding hydrogens is 282 g/mol. The van der Waals surface area contributed by atoms with Gasteiger partial charge in [-0.2, -0.15) is 0 Å². The first-order valence-electron chi connectivity index (χ1n) is 5.40. The van der Waals surface area contributed by atoms with Crippen LogP contribution in [0.4, 0.5) is 5.95 Å². The number of nitrogen functional groups attached to an aromatic ring is 1. The zero-order chi connectivity index (χ0) is 12.0. The minimum Gasteiger partial charge on any atom is -0.493 e. The fourth-order valence-corrected chi connectivity index (χ4v) is 2.51. The number of hydrogen-bond acceptors (Lipinski definition) is 3. The van der Waals surface area contributed by atoms with Gasteiger partial charge < -0.3 is 15.0 Å². The van der Waals surface area contributed by atoms with Crippen molar-refractivity contribution >= 4 is 21.9 Å². The van der Waals surface area contributed by atoms with Gasteiger partial charge in [0.25, 0.3) is 0 Å². The standard InChI is InChI=1S/C12H12BrN3O/c1-16-11(13)10(15-12(16)14)8-2-3-9-7(6-8)4-5-17-9/h2-3,6H,4-5H2,1H3,(H2,14,15). The highest BCUT2D eigenvalue weighted by atomic mass is 79.9. The molecule has 2 N–H and O–H groups in total. The molecule has 1 aromatic carbocycles. The largest absolute Gasteiger partial charge is 0.493 e. The Morgan fingerprint density at radius 2 is 2.29 bits per heavy atom. The lowest BCUT2D eigenvalue weighted by Gasteiger charge is -2.02. The number of hydrogen-bond donors (Lipinski definition) is 1. The molecule has 88 valence electrons. The van der Waals surface area contributed by atoms with E-state index in [0.29, 0.717) is 5.95 Å². The van der Waals surface area contributed by atoms with E-state index in [1.807, 2.05) is 23.7 Å². The minimum absolute atomic E-state index is 0.503. The Hall–Kier alpha value is -1.49. The van der Waals surface area contributed by atoms with E-state index in [4.69, 9.17) is 10.5 Å². The third-order valence-corrected chi connectivity index (χ3v) is 3.93. The lowest BCUT2D eigenvalue weighted by atomic mass is 10.1. The van der Waals surface area contributed by atoms with Crippen LogP contribution in [-0.4, -0.2) is 16.2 Å². The van der Waals surface area contributed by atoms with Crippen LogP contribution >= 0.6 is 15.9 Å². The van der Waals surface area contributed by atoms with Gasteiger partial charge in [0, 0.05) is 19.0 Å². The Bertz CT molecular complexity index is 592. The second-order valence-electron chi connectivity index (χ2n) is 4.09. The third-order valence-electron chi connectivity index (χ3n) is 3.02. The Kier molecular flexibility index (Phi) is 2.36. The Morgan fingerprint density at radius 3 is 3.00 bits per heavy atom. The molecule has 0 saturated carbocycles. The molecule has 2 aromatic rings. The second-order valence-corrected chi connectivity index (χ2v) is 4.84. The summed E-state index contributed by atoms with van der Waals surface area (Å²) in [5.74, 6) is 1.48. The van der Waals surface area contributed by atoms with Gasteiger partial charge in [-0.15, -0.1) is 0 Å². The molecule has 3 rings (SSSR count). The molecule has 0 unspecified atom stereocenters. The van der Waals surface area contributed by atoms with E-state index in [-0.39, 0.29) is 0 Å². The normalized spacial score (nSPS) is 13.5. The van der Waals surface area contributed by atoms with Gasteiger partial charge in [-0.3, -0.25) is 0 Å². The van der Waals surface area contributed by atoms with E-state index in [0.717, 1.165) is 34.6 Å². The van der Waals surface area contributed by atoms with Gasteiger partial charge in [0.1, 0.15) is 16.0 Å². The van der Waals surface area contributed by atoms with Gasteiger partial charge in [-0.05, 0) is 39.7 Å². The summed E-state index contributed by atoms with van der Waals surface area (Å²) in [5.41, 5.74) is 8.96. The van der Waals surface area contributed by atoms with Crippen LogP contribution in [0.2, 0.25) is 0 Å². The van der Waals surface area contributed by atoms with Gasteiger partial charge in [0.05, 0.1) is 6.61 Å². The van der Waals surface area contributed by atoms with Gasteiger partial charge in [-0.1, -0.05) is 0 Å².